The van der Waals surface area contributed by atoms with Gasteiger partial charge in [-0.25, -0.2) is 9.29 Å². The molecule has 0 unspecified atom stereocenters. The molecule has 0 radical (unpaired) electrons. The van der Waals surface area contributed by atoms with Crippen molar-refractivity contribution >= 4 is 52.2 Å². The molecule has 1 aromatic heterocycles. The molecule has 1 saturated heterocycles. The number of imide groups is 1. The highest BCUT2D eigenvalue weighted by atomic mass is 32.2. The first-order valence-electron chi connectivity index (χ1n) is 13.0. The number of halogens is 4. The Morgan fingerprint density at radius 2 is 1.65 bits per heavy atom. The number of hydrogen-bond acceptors (Lipinski definition) is 6. The second-order valence-corrected chi connectivity index (χ2v) is 12.3. The summed E-state index contributed by atoms with van der Waals surface area (Å²) in [5.74, 6) is -3.88. The Bertz CT molecular complexity index is 1820. The molecule has 0 aliphatic carbocycles. The fourth-order valence-corrected chi connectivity index (χ4v) is 8.12. The van der Waals surface area contributed by atoms with Crippen LogP contribution >= 0.6 is 23.1 Å². The van der Waals surface area contributed by atoms with Gasteiger partial charge in [-0.05, 0) is 55.0 Å². The van der Waals surface area contributed by atoms with Crippen molar-refractivity contribution < 1.29 is 31.9 Å². The Balaban J connectivity index is 1.37. The van der Waals surface area contributed by atoms with Crippen LogP contribution in [0.2, 0.25) is 0 Å². The van der Waals surface area contributed by atoms with E-state index < -0.39 is 63.8 Å². The highest BCUT2D eigenvalue weighted by Gasteiger charge is 2.56. The third-order valence-electron chi connectivity index (χ3n) is 7.35. The Hall–Kier alpha value is -4.23. The van der Waals surface area contributed by atoms with E-state index in [0.717, 1.165) is 56.3 Å². The molecule has 7 nitrogen and oxygen atoms in total. The zero-order chi connectivity index (χ0) is 30.6. The molecule has 3 aromatic carbocycles. The zero-order valence-electron chi connectivity index (χ0n) is 22.2. The molecule has 3 amide bonds. The molecule has 4 aromatic rings. The number of nitrogens with zero attached hydrogens (tertiary/aromatic N) is 2. The van der Waals surface area contributed by atoms with Gasteiger partial charge in [0, 0.05) is 16.5 Å². The van der Waals surface area contributed by atoms with E-state index >= 15 is 0 Å². The van der Waals surface area contributed by atoms with Gasteiger partial charge in [0.1, 0.15) is 17.6 Å². The summed E-state index contributed by atoms with van der Waals surface area (Å²) in [6, 6.07) is 16.5. The van der Waals surface area contributed by atoms with E-state index in [-0.39, 0.29) is 5.69 Å². The molecule has 0 saturated carbocycles. The molecule has 6 rings (SSSR count). The van der Waals surface area contributed by atoms with Crippen LogP contribution in [0.25, 0.3) is 0 Å². The monoisotopic (exact) mass is 627 g/mol. The quantitative estimate of drug-likeness (QED) is 0.223. The fourth-order valence-electron chi connectivity index (χ4n) is 5.35. The number of thioether (sulfide) groups is 1. The summed E-state index contributed by atoms with van der Waals surface area (Å²) in [4.78, 5) is 54.8. The summed E-state index contributed by atoms with van der Waals surface area (Å²) in [6.07, 6.45) is -4.61. The highest BCUT2D eigenvalue weighted by molar-refractivity contribution is 8.00. The number of anilines is 2. The van der Waals surface area contributed by atoms with E-state index in [9.17, 15) is 36.7 Å². The lowest BCUT2D eigenvalue weighted by Gasteiger charge is -2.30. The van der Waals surface area contributed by atoms with Crippen LogP contribution in [0.1, 0.15) is 27.5 Å². The van der Waals surface area contributed by atoms with E-state index in [2.05, 4.69) is 5.32 Å². The maximum Gasteiger partial charge on any atom is 0.416 e. The van der Waals surface area contributed by atoms with E-state index in [1.165, 1.54) is 30.3 Å². The van der Waals surface area contributed by atoms with Crippen LogP contribution in [0.15, 0.2) is 82.6 Å². The zero-order valence-corrected chi connectivity index (χ0v) is 23.9. The Kier molecular flexibility index (Phi) is 7.25. The van der Waals surface area contributed by atoms with Crippen molar-refractivity contribution in [1.29, 1.82) is 0 Å². The first-order valence-corrected chi connectivity index (χ1v) is 14.7. The first-order chi connectivity index (χ1) is 20.4. The van der Waals surface area contributed by atoms with Crippen LogP contribution in [-0.2, 0) is 27.1 Å². The van der Waals surface area contributed by atoms with Crippen molar-refractivity contribution in [2.45, 2.75) is 35.8 Å². The van der Waals surface area contributed by atoms with Crippen molar-refractivity contribution in [2.75, 3.05) is 10.2 Å². The maximum atomic E-state index is 13.9. The van der Waals surface area contributed by atoms with Crippen LogP contribution in [0.5, 0.6) is 0 Å². The number of carbonyl (C=O) groups is 3. The molecule has 0 bridgehead atoms. The van der Waals surface area contributed by atoms with Crippen LogP contribution in [0.4, 0.5) is 28.9 Å². The number of hydrogen-bond donors (Lipinski definition) is 1. The van der Waals surface area contributed by atoms with E-state index in [4.69, 9.17) is 0 Å². The molecule has 2 aliphatic heterocycles. The molecule has 220 valence electrons. The van der Waals surface area contributed by atoms with Crippen LogP contribution in [0.3, 0.4) is 0 Å². The molecular formula is C30H21F4N3O4S2. The summed E-state index contributed by atoms with van der Waals surface area (Å²) in [5.41, 5.74) is 0.815. The minimum atomic E-state index is -4.61. The van der Waals surface area contributed by atoms with E-state index in [0.29, 0.717) is 21.2 Å². The lowest BCUT2D eigenvalue weighted by molar-refractivity contribution is -0.137. The van der Waals surface area contributed by atoms with Crippen molar-refractivity contribution in [3.63, 3.8) is 0 Å². The molecule has 1 N–H and O–H groups in total. The number of fused-ring (bicyclic) bond motifs is 2. The molecule has 1 fully saturated rings. The van der Waals surface area contributed by atoms with Gasteiger partial charge in [-0.15, -0.1) is 0 Å². The Labute approximate surface area is 250 Å². The molecule has 43 heavy (non-hydrogen) atoms. The van der Waals surface area contributed by atoms with Crippen LogP contribution in [0, 0.1) is 18.7 Å². The number of carbonyl (C=O) groups excluding carboxylic acids is 3. The number of alkyl halides is 3. The third-order valence-corrected chi connectivity index (χ3v) is 9.95. The van der Waals surface area contributed by atoms with E-state index in [1.54, 1.807) is 24.3 Å². The first kappa shape index (κ1) is 28.9. The second-order valence-electron chi connectivity index (χ2n) is 10.2. The van der Waals surface area contributed by atoms with Crippen molar-refractivity contribution in [3.05, 3.63) is 110 Å². The molecule has 2 aliphatic rings. The molecule has 3 atom stereocenters. The molecule has 0 spiro atoms. The summed E-state index contributed by atoms with van der Waals surface area (Å²) >= 11 is 1.81. The highest BCUT2D eigenvalue weighted by Crippen LogP contribution is 2.53. The SMILES string of the molecule is Cc1ccc(N2C(=O)[C@@H]3[C@H](c4ccc(F)cc4)c4sc(=O)n(CC(=O)Nc5cccc(C(F)(F)F)c5)c4S[C@@H]3C2=O)cc1. The predicted molar refractivity (Wildman–Crippen MR) is 154 cm³/mol. The normalized spacial score (nSPS) is 19.7. The maximum absolute atomic E-state index is 13.9. The van der Waals surface area contributed by atoms with Crippen molar-refractivity contribution in [2.24, 2.45) is 5.92 Å². The Morgan fingerprint density at radius 3 is 2.33 bits per heavy atom. The average Bonchev–Trinajstić information content (AvgIpc) is 3.40. The summed E-state index contributed by atoms with van der Waals surface area (Å²) in [6.45, 7) is 1.34. The van der Waals surface area contributed by atoms with Gasteiger partial charge in [0.15, 0.2) is 0 Å². The number of rotatable bonds is 5. The van der Waals surface area contributed by atoms with E-state index in [1.807, 2.05) is 6.92 Å². The predicted octanol–water partition coefficient (Wildman–Crippen LogP) is 5.81. The average molecular weight is 628 g/mol. The van der Waals surface area contributed by atoms with Gasteiger partial charge < -0.3 is 5.32 Å². The number of benzene rings is 3. The summed E-state index contributed by atoms with van der Waals surface area (Å²) < 4.78 is 54.4. The largest absolute Gasteiger partial charge is 0.416 e. The van der Waals surface area contributed by atoms with Crippen molar-refractivity contribution in [3.8, 4) is 0 Å². The third kappa shape index (κ3) is 5.27. The number of aryl methyl sites for hydroxylation is 1. The minimum Gasteiger partial charge on any atom is -0.325 e. The lowest BCUT2D eigenvalue weighted by atomic mass is 9.83. The van der Waals surface area contributed by atoms with Gasteiger partial charge >= 0.3 is 11.0 Å². The second kappa shape index (κ2) is 10.8. The van der Waals surface area contributed by atoms with Gasteiger partial charge in [-0.2, -0.15) is 13.2 Å². The lowest BCUT2D eigenvalue weighted by Crippen LogP contribution is -2.33. The number of nitrogens with one attached hydrogen (secondary N) is 1. The number of thiazole rings is 1. The van der Waals surface area contributed by atoms with Crippen LogP contribution < -0.4 is 15.1 Å². The number of amides is 3. The molecular weight excluding hydrogens is 606 g/mol. The molecule has 3 heterocycles. The minimum absolute atomic E-state index is 0.0980. The van der Waals surface area contributed by atoms with Crippen molar-refractivity contribution in [1.82, 2.24) is 4.57 Å². The summed E-state index contributed by atoms with van der Waals surface area (Å²) in [5, 5.41) is 1.76. The smallest absolute Gasteiger partial charge is 0.325 e. The van der Waals surface area contributed by atoms with Gasteiger partial charge in [-0.1, -0.05) is 59.0 Å². The molecule has 13 heteroatoms. The fraction of sp³-hybridized carbons (Fsp3) is 0.200. The van der Waals surface area contributed by atoms with Crippen LogP contribution in [-0.4, -0.2) is 27.5 Å². The number of aromatic nitrogens is 1. The topological polar surface area (TPSA) is 88.5 Å². The van der Waals surface area contributed by atoms with Gasteiger partial charge in [0.05, 0.1) is 22.2 Å². The van der Waals surface area contributed by atoms with Gasteiger partial charge in [0.25, 0.3) is 0 Å². The standard InChI is InChI=1S/C30H21F4N3O4S2/c1-15-5-11-20(12-6-15)37-26(39)23-22(16-7-9-18(31)10-8-16)25-28(42-24(23)27(37)40)36(29(41)43-25)14-21(38)35-19-4-2-3-17(13-19)30(32,33)34/h2-13,22-24H,14H2,1H3,(H,35,38)/t22-,23+,24-/m0/s1. The Morgan fingerprint density at radius 1 is 0.953 bits per heavy atom. The summed E-state index contributed by atoms with van der Waals surface area (Å²) in [7, 11) is 0. The van der Waals surface area contributed by atoms with Gasteiger partial charge in [0.2, 0.25) is 17.7 Å². The van der Waals surface area contributed by atoms with Gasteiger partial charge in [-0.3, -0.25) is 23.7 Å².